The zero-order valence-electron chi connectivity index (χ0n) is 13.1. The molecule has 0 radical (unpaired) electrons. The summed E-state index contributed by atoms with van der Waals surface area (Å²) in [4.78, 5) is 14.4. The number of aliphatic hydroxyl groups is 1. The van der Waals surface area contributed by atoms with Crippen molar-refractivity contribution >= 4 is 28.2 Å². The number of benzene rings is 1. The van der Waals surface area contributed by atoms with Crippen LogP contribution in [0.1, 0.15) is 6.42 Å². The van der Waals surface area contributed by atoms with Crippen LogP contribution in [0.5, 0.6) is 0 Å². The Labute approximate surface area is 142 Å². The molecule has 0 saturated carbocycles. The van der Waals surface area contributed by atoms with E-state index in [1.165, 1.54) is 11.1 Å². The van der Waals surface area contributed by atoms with E-state index in [4.69, 9.17) is 9.52 Å². The summed E-state index contributed by atoms with van der Waals surface area (Å²) in [5, 5.41) is 9.83. The van der Waals surface area contributed by atoms with Gasteiger partial charge >= 0.3 is 0 Å². The second kappa shape index (κ2) is 6.25. The molecule has 0 fully saturated rings. The molecule has 7 heteroatoms. The summed E-state index contributed by atoms with van der Waals surface area (Å²) < 4.78 is 20.1. The fourth-order valence-corrected chi connectivity index (χ4v) is 4.55. The standard InChI is InChI=1S/C17H18N2O4S/c20-5-3-17(21)18-8-13-10-19(11-14(13)9-18)24(22)15-1-2-16-12(7-15)4-6-23-16/h1-2,4,6-7,20H,3,5,8-11H2. The lowest BCUT2D eigenvalue weighted by Gasteiger charge is -2.23. The number of nitrogens with zero attached hydrogens (tertiary/aromatic N) is 2. The minimum atomic E-state index is -1.23. The summed E-state index contributed by atoms with van der Waals surface area (Å²) in [5.41, 5.74) is 3.15. The van der Waals surface area contributed by atoms with Gasteiger partial charge in [0.05, 0.1) is 37.3 Å². The van der Waals surface area contributed by atoms with Crippen LogP contribution in [-0.4, -0.2) is 57.6 Å². The number of fused-ring (bicyclic) bond motifs is 1. The number of aliphatic hydroxyl groups excluding tert-OH is 1. The zero-order valence-corrected chi connectivity index (χ0v) is 13.9. The number of hydrogen-bond acceptors (Lipinski definition) is 5. The summed E-state index contributed by atoms with van der Waals surface area (Å²) in [5.74, 6) is -0.0232. The minimum absolute atomic E-state index is 0.0232. The molecule has 3 heterocycles. The topological polar surface area (TPSA) is 80.0 Å². The molecule has 1 aromatic carbocycles. The normalized spacial score (nSPS) is 19.3. The first kappa shape index (κ1) is 15.7. The van der Waals surface area contributed by atoms with Gasteiger partial charge in [0.1, 0.15) is 5.58 Å². The molecule has 4 rings (SSSR count). The van der Waals surface area contributed by atoms with Gasteiger partial charge in [-0.25, -0.2) is 0 Å². The molecule has 6 nitrogen and oxygen atoms in total. The van der Waals surface area contributed by atoms with Crippen molar-refractivity contribution in [2.45, 2.75) is 11.3 Å². The Balaban J connectivity index is 1.42. The predicted molar refractivity (Wildman–Crippen MR) is 89.5 cm³/mol. The van der Waals surface area contributed by atoms with Crippen molar-refractivity contribution in [3.8, 4) is 0 Å². The molecule has 1 atom stereocenters. The van der Waals surface area contributed by atoms with E-state index in [0.29, 0.717) is 26.2 Å². The van der Waals surface area contributed by atoms with E-state index in [0.717, 1.165) is 15.9 Å². The number of rotatable bonds is 4. The molecule has 2 aromatic rings. The number of hydrogen-bond donors (Lipinski definition) is 1. The van der Waals surface area contributed by atoms with Gasteiger partial charge in [0, 0.05) is 31.0 Å². The van der Waals surface area contributed by atoms with Crippen molar-refractivity contribution in [2.24, 2.45) is 0 Å². The lowest BCUT2D eigenvalue weighted by Crippen LogP contribution is -2.36. The van der Waals surface area contributed by atoms with E-state index >= 15 is 0 Å². The van der Waals surface area contributed by atoms with Crippen LogP contribution in [0.3, 0.4) is 0 Å². The molecule has 126 valence electrons. The first-order valence-electron chi connectivity index (χ1n) is 7.88. The lowest BCUT2D eigenvalue weighted by molar-refractivity contribution is -0.130. The summed E-state index contributed by atoms with van der Waals surface area (Å²) in [7, 11) is 0. The van der Waals surface area contributed by atoms with Gasteiger partial charge in [-0.3, -0.25) is 4.79 Å². The Hall–Kier alpha value is -1.80. The second-order valence-electron chi connectivity index (χ2n) is 6.10. The minimum Gasteiger partial charge on any atom is -0.593 e. The highest BCUT2D eigenvalue weighted by molar-refractivity contribution is 7.89. The van der Waals surface area contributed by atoms with Crippen molar-refractivity contribution in [1.29, 1.82) is 0 Å². The van der Waals surface area contributed by atoms with Crippen LogP contribution < -0.4 is 0 Å². The molecule has 1 amide bonds. The van der Waals surface area contributed by atoms with Gasteiger partial charge in [0.25, 0.3) is 0 Å². The van der Waals surface area contributed by atoms with Gasteiger partial charge in [0.15, 0.2) is 4.90 Å². The number of carbonyl (C=O) groups is 1. The third-order valence-corrected chi connectivity index (χ3v) is 5.92. The van der Waals surface area contributed by atoms with Gasteiger partial charge in [-0.15, -0.1) is 4.31 Å². The largest absolute Gasteiger partial charge is 0.593 e. The molecular formula is C17H18N2O4S. The van der Waals surface area contributed by atoms with Gasteiger partial charge < -0.3 is 19.0 Å². The lowest BCUT2D eigenvalue weighted by atomic mass is 10.2. The van der Waals surface area contributed by atoms with Gasteiger partial charge in [-0.05, 0) is 29.3 Å². The Morgan fingerprint density at radius 2 is 1.96 bits per heavy atom. The molecule has 0 saturated heterocycles. The molecule has 0 aliphatic carbocycles. The van der Waals surface area contributed by atoms with Crippen LogP contribution in [0.4, 0.5) is 0 Å². The SMILES string of the molecule is O=C(CCO)N1CC2=C(C1)CN([S+]([O-])c1ccc3occc3c1)C2. The first-order valence-corrected chi connectivity index (χ1v) is 8.99. The monoisotopic (exact) mass is 346 g/mol. The summed E-state index contributed by atoms with van der Waals surface area (Å²) in [6.45, 7) is 2.29. The van der Waals surface area contributed by atoms with Crippen molar-refractivity contribution < 1.29 is 18.9 Å². The molecule has 2 aliphatic heterocycles. The Morgan fingerprint density at radius 3 is 2.67 bits per heavy atom. The first-order chi connectivity index (χ1) is 11.7. The van der Waals surface area contributed by atoms with Crippen LogP contribution in [0, 0.1) is 0 Å². The van der Waals surface area contributed by atoms with E-state index in [1.807, 2.05) is 28.6 Å². The van der Waals surface area contributed by atoms with E-state index in [-0.39, 0.29) is 18.9 Å². The average molecular weight is 346 g/mol. The quantitative estimate of drug-likeness (QED) is 0.667. The molecule has 0 spiro atoms. The van der Waals surface area contributed by atoms with Crippen molar-refractivity contribution in [3.63, 3.8) is 0 Å². The Bertz CT molecular complexity index is 798. The fourth-order valence-electron chi connectivity index (χ4n) is 3.30. The molecule has 1 unspecified atom stereocenters. The maximum Gasteiger partial charge on any atom is 0.225 e. The molecule has 1 N–H and O–H groups in total. The van der Waals surface area contributed by atoms with Gasteiger partial charge in [-0.2, -0.15) is 0 Å². The van der Waals surface area contributed by atoms with Crippen molar-refractivity contribution in [2.75, 3.05) is 32.8 Å². The van der Waals surface area contributed by atoms with E-state index in [1.54, 1.807) is 11.2 Å². The van der Waals surface area contributed by atoms with Gasteiger partial charge in [0.2, 0.25) is 5.91 Å². The molecular weight excluding hydrogens is 328 g/mol. The smallest absolute Gasteiger partial charge is 0.225 e. The van der Waals surface area contributed by atoms with Crippen LogP contribution >= 0.6 is 0 Å². The summed E-state index contributed by atoms with van der Waals surface area (Å²) >= 11 is -1.23. The highest BCUT2D eigenvalue weighted by atomic mass is 32.2. The molecule has 24 heavy (non-hydrogen) atoms. The average Bonchev–Trinajstić information content (AvgIpc) is 3.27. The predicted octanol–water partition coefficient (Wildman–Crippen LogP) is 1.29. The molecule has 0 bridgehead atoms. The third-order valence-electron chi connectivity index (χ3n) is 4.54. The third kappa shape index (κ3) is 2.73. The molecule has 2 aliphatic rings. The van der Waals surface area contributed by atoms with Crippen LogP contribution in [0.25, 0.3) is 11.0 Å². The summed E-state index contributed by atoms with van der Waals surface area (Å²) in [6, 6.07) is 7.44. The number of furan rings is 1. The highest BCUT2D eigenvalue weighted by Crippen LogP contribution is 2.31. The molecule has 1 aromatic heterocycles. The zero-order chi connectivity index (χ0) is 16.7. The fraction of sp³-hybridized carbons (Fsp3) is 0.353. The van der Waals surface area contributed by atoms with Crippen LogP contribution in [0.15, 0.2) is 51.0 Å². The van der Waals surface area contributed by atoms with E-state index < -0.39 is 11.4 Å². The number of carbonyl (C=O) groups excluding carboxylic acids is 1. The maximum atomic E-state index is 12.8. The number of amides is 1. The van der Waals surface area contributed by atoms with Crippen molar-refractivity contribution in [1.82, 2.24) is 9.21 Å². The second-order valence-corrected chi connectivity index (χ2v) is 7.58. The van der Waals surface area contributed by atoms with Crippen LogP contribution in [0.2, 0.25) is 0 Å². The Kier molecular flexibility index (Phi) is 4.09. The van der Waals surface area contributed by atoms with E-state index in [9.17, 15) is 9.35 Å². The summed E-state index contributed by atoms with van der Waals surface area (Å²) in [6.07, 6.45) is 1.79. The van der Waals surface area contributed by atoms with Crippen LogP contribution in [-0.2, 0) is 16.2 Å². The van der Waals surface area contributed by atoms with Gasteiger partial charge in [-0.1, -0.05) is 0 Å². The van der Waals surface area contributed by atoms with E-state index in [2.05, 4.69) is 0 Å². The highest BCUT2D eigenvalue weighted by Gasteiger charge is 2.37. The maximum absolute atomic E-state index is 12.8. The Morgan fingerprint density at radius 1 is 1.21 bits per heavy atom. The van der Waals surface area contributed by atoms with Crippen molar-refractivity contribution in [3.05, 3.63) is 41.7 Å².